The lowest BCUT2D eigenvalue weighted by Gasteiger charge is -2.42. The molecule has 1 fully saturated rings. The molecule has 1 atom stereocenters. The number of rotatable bonds is 4. The molecule has 1 saturated heterocycles. The van der Waals surface area contributed by atoms with Gasteiger partial charge in [0.1, 0.15) is 12.1 Å². The van der Waals surface area contributed by atoms with Gasteiger partial charge in [0.05, 0.1) is 11.8 Å². The molecule has 7 rings (SSSR count). The van der Waals surface area contributed by atoms with E-state index in [1.807, 2.05) is 56.8 Å². The van der Waals surface area contributed by atoms with Gasteiger partial charge in [-0.1, -0.05) is 18.2 Å². The number of benzene rings is 2. The van der Waals surface area contributed by atoms with E-state index in [4.69, 9.17) is 0 Å². The van der Waals surface area contributed by atoms with E-state index in [1.54, 1.807) is 18.7 Å². The van der Waals surface area contributed by atoms with Gasteiger partial charge in [0, 0.05) is 67.8 Å². The summed E-state index contributed by atoms with van der Waals surface area (Å²) in [7, 11) is 0. The summed E-state index contributed by atoms with van der Waals surface area (Å²) in [6, 6.07) is 19.8. The molecule has 1 unspecified atom stereocenters. The van der Waals surface area contributed by atoms with E-state index < -0.39 is 0 Å². The molecule has 2 aromatic carbocycles. The summed E-state index contributed by atoms with van der Waals surface area (Å²) in [6.45, 7) is 5.70. The number of carbonyl (C=O) groups excluding carboxylic acids is 2. The Labute approximate surface area is 238 Å². The molecule has 0 saturated carbocycles. The van der Waals surface area contributed by atoms with Crippen molar-refractivity contribution in [2.24, 2.45) is 0 Å². The predicted octanol–water partition coefficient (Wildman–Crippen LogP) is 3.92. The highest BCUT2D eigenvalue weighted by atomic mass is 16.2. The molecular formula is C32H31N7O2. The Balaban J connectivity index is 1.06. The smallest absolute Gasteiger partial charge is 0.254 e. The summed E-state index contributed by atoms with van der Waals surface area (Å²) < 4.78 is 1.82. The number of piperazine rings is 1. The molecule has 5 heterocycles. The molecule has 0 bridgehead atoms. The third-order valence-electron chi connectivity index (χ3n) is 8.35. The van der Waals surface area contributed by atoms with Gasteiger partial charge in [-0.05, 0) is 66.9 Å². The fourth-order valence-corrected chi connectivity index (χ4v) is 6.22. The van der Waals surface area contributed by atoms with Crippen molar-refractivity contribution >= 4 is 39.6 Å². The van der Waals surface area contributed by atoms with Gasteiger partial charge < -0.3 is 19.3 Å². The lowest BCUT2D eigenvalue weighted by Crippen LogP contribution is -2.55. The van der Waals surface area contributed by atoms with Gasteiger partial charge in [0.15, 0.2) is 5.65 Å². The minimum atomic E-state index is 0.0431. The lowest BCUT2D eigenvalue weighted by atomic mass is 9.96. The number of hydrogen-bond donors (Lipinski definition) is 0. The van der Waals surface area contributed by atoms with Gasteiger partial charge in [-0.3, -0.25) is 14.6 Å². The number of nitrogens with zero attached hydrogens (tertiary/aromatic N) is 7. The number of hydrogen-bond acceptors (Lipinski definition) is 6. The number of carbonyl (C=O) groups is 2. The summed E-state index contributed by atoms with van der Waals surface area (Å²) in [4.78, 5) is 46.3. The average molecular weight is 546 g/mol. The maximum atomic E-state index is 13.6. The van der Waals surface area contributed by atoms with Crippen LogP contribution in [0.1, 0.15) is 28.4 Å². The number of aromatic nitrogens is 4. The van der Waals surface area contributed by atoms with Crippen LogP contribution in [0, 0.1) is 0 Å². The second kappa shape index (κ2) is 10.3. The maximum Gasteiger partial charge on any atom is 0.254 e. The molecule has 3 aromatic heterocycles. The summed E-state index contributed by atoms with van der Waals surface area (Å²) in [5.74, 6) is 0.112. The predicted molar refractivity (Wildman–Crippen MR) is 158 cm³/mol. The van der Waals surface area contributed by atoms with Crippen molar-refractivity contribution in [3.05, 3.63) is 96.1 Å². The minimum absolute atomic E-state index is 0.0431. The third-order valence-corrected chi connectivity index (χ3v) is 8.35. The van der Waals surface area contributed by atoms with E-state index in [1.165, 1.54) is 11.1 Å². The van der Waals surface area contributed by atoms with Crippen molar-refractivity contribution in [2.45, 2.75) is 32.5 Å². The molecule has 9 heteroatoms. The Morgan fingerprint density at radius 2 is 1.78 bits per heavy atom. The first-order valence-electron chi connectivity index (χ1n) is 14.1. The Bertz CT molecular complexity index is 1780. The van der Waals surface area contributed by atoms with Gasteiger partial charge in [0.2, 0.25) is 5.91 Å². The molecule has 2 aliphatic rings. The molecule has 0 radical (unpaired) electrons. The van der Waals surface area contributed by atoms with Crippen molar-refractivity contribution in [1.29, 1.82) is 0 Å². The van der Waals surface area contributed by atoms with E-state index >= 15 is 0 Å². The van der Waals surface area contributed by atoms with Crippen LogP contribution < -0.4 is 4.90 Å². The van der Waals surface area contributed by atoms with Crippen LogP contribution in [0.5, 0.6) is 0 Å². The van der Waals surface area contributed by atoms with Crippen LogP contribution in [0.15, 0.2) is 79.4 Å². The van der Waals surface area contributed by atoms with Crippen molar-refractivity contribution < 1.29 is 9.59 Å². The molecule has 9 nitrogen and oxygen atoms in total. The molecule has 0 spiro atoms. The highest BCUT2D eigenvalue weighted by molar-refractivity contribution is 5.98. The van der Waals surface area contributed by atoms with Gasteiger partial charge in [0.25, 0.3) is 5.91 Å². The molecule has 2 amide bonds. The van der Waals surface area contributed by atoms with E-state index in [-0.39, 0.29) is 24.4 Å². The van der Waals surface area contributed by atoms with Crippen molar-refractivity contribution in [2.75, 3.05) is 31.1 Å². The van der Waals surface area contributed by atoms with Gasteiger partial charge in [-0.2, -0.15) is 0 Å². The van der Waals surface area contributed by atoms with E-state index in [0.29, 0.717) is 25.2 Å². The van der Waals surface area contributed by atoms with Crippen molar-refractivity contribution in [3.63, 3.8) is 0 Å². The Kier molecular flexibility index (Phi) is 6.34. The molecule has 5 aromatic rings. The Morgan fingerprint density at radius 3 is 2.68 bits per heavy atom. The molecule has 2 aliphatic heterocycles. The molecule has 0 N–H and O–H groups in total. The number of anilines is 1. The largest absolute Gasteiger partial charge is 0.367 e. The summed E-state index contributed by atoms with van der Waals surface area (Å²) in [6.07, 6.45) is 6.00. The molecule has 0 aliphatic carbocycles. The fourth-order valence-electron chi connectivity index (χ4n) is 6.22. The number of fused-ring (bicyclic) bond motifs is 3. The highest BCUT2D eigenvalue weighted by Crippen LogP contribution is 2.32. The molecule has 206 valence electrons. The Hall–Kier alpha value is -4.79. The van der Waals surface area contributed by atoms with Crippen LogP contribution >= 0.6 is 0 Å². The monoisotopic (exact) mass is 545 g/mol. The second-order valence-corrected chi connectivity index (χ2v) is 10.9. The summed E-state index contributed by atoms with van der Waals surface area (Å²) in [5, 5.41) is 0.968. The SMILES string of the molecule is CC1CN(c2cccc3c2CN(C(=O)c2ccc4ncccc4c2)CC3)CCN1C(=O)Cn1cnc2cccnc21. The normalized spacial score (nSPS) is 17.2. The van der Waals surface area contributed by atoms with Gasteiger partial charge in [-0.25, -0.2) is 9.97 Å². The van der Waals surface area contributed by atoms with Crippen LogP contribution in [0.2, 0.25) is 0 Å². The maximum absolute atomic E-state index is 13.6. The highest BCUT2D eigenvalue weighted by Gasteiger charge is 2.31. The van der Waals surface area contributed by atoms with E-state index in [2.05, 4.69) is 45.0 Å². The lowest BCUT2D eigenvalue weighted by molar-refractivity contribution is -0.134. The fraction of sp³-hybridized carbons (Fsp3) is 0.281. The average Bonchev–Trinajstić information content (AvgIpc) is 3.42. The first kappa shape index (κ1) is 25.2. The summed E-state index contributed by atoms with van der Waals surface area (Å²) >= 11 is 0. The van der Waals surface area contributed by atoms with Crippen LogP contribution in [0.25, 0.3) is 22.1 Å². The van der Waals surface area contributed by atoms with Gasteiger partial charge >= 0.3 is 0 Å². The topological polar surface area (TPSA) is 87.5 Å². The van der Waals surface area contributed by atoms with Crippen molar-refractivity contribution in [3.8, 4) is 0 Å². The Morgan fingerprint density at radius 1 is 0.902 bits per heavy atom. The van der Waals surface area contributed by atoms with Crippen LogP contribution in [-0.2, 0) is 24.3 Å². The van der Waals surface area contributed by atoms with Crippen LogP contribution in [-0.4, -0.2) is 73.4 Å². The van der Waals surface area contributed by atoms with Crippen molar-refractivity contribution in [1.82, 2.24) is 29.3 Å². The second-order valence-electron chi connectivity index (χ2n) is 10.9. The third kappa shape index (κ3) is 4.67. The van der Waals surface area contributed by atoms with E-state index in [9.17, 15) is 9.59 Å². The zero-order chi connectivity index (χ0) is 27.9. The molecular weight excluding hydrogens is 514 g/mol. The zero-order valence-corrected chi connectivity index (χ0v) is 23.0. The molecule has 41 heavy (non-hydrogen) atoms. The van der Waals surface area contributed by atoms with Gasteiger partial charge in [-0.15, -0.1) is 0 Å². The first-order valence-corrected chi connectivity index (χ1v) is 14.1. The standard InChI is InChI=1S/C32H31N7O2/c1-22-18-36(15-16-39(22)30(40)20-38-21-35-28-7-4-13-34-31(28)38)29-8-2-5-23-11-14-37(19-26(23)29)32(41)25-9-10-27-24(17-25)6-3-12-33-27/h2-10,12-13,17,21-22H,11,14-16,18-20H2,1H3. The summed E-state index contributed by atoms with van der Waals surface area (Å²) in [5.41, 5.74) is 6.74. The number of amides is 2. The van der Waals surface area contributed by atoms with Crippen LogP contribution in [0.4, 0.5) is 5.69 Å². The quantitative estimate of drug-likeness (QED) is 0.340. The minimum Gasteiger partial charge on any atom is -0.367 e. The van der Waals surface area contributed by atoms with Crippen LogP contribution in [0.3, 0.4) is 0 Å². The zero-order valence-electron chi connectivity index (χ0n) is 23.0. The number of imidazole rings is 1. The number of pyridine rings is 2. The first-order chi connectivity index (χ1) is 20.0. The van der Waals surface area contributed by atoms with E-state index in [0.717, 1.165) is 47.3 Å².